The zero-order chi connectivity index (χ0) is 27.3. The van der Waals surface area contributed by atoms with E-state index in [1.807, 2.05) is 32.9 Å². The van der Waals surface area contributed by atoms with Crippen LogP contribution in [-0.2, 0) is 17.8 Å². The van der Waals surface area contributed by atoms with Gasteiger partial charge < -0.3 is 26.4 Å². The molecule has 0 radical (unpaired) electrons. The molecule has 0 unspecified atom stereocenters. The normalized spacial score (nSPS) is 19.5. The van der Waals surface area contributed by atoms with Crippen LogP contribution in [0.2, 0.25) is 0 Å². The number of nitrogens with two attached hydrogens (primary N) is 2. The molecular weight excluding hydrogens is 478 g/mol. The van der Waals surface area contributed by atoms with Crippen molar-refractivity contribution in [2.45, 2.75) is 64.8 Å². The average Bonchev–Trinajstić information content (AvgIpc) is 3.59. The number of amides is 1. The van der Waals surface area contributed by atoms with Crippen LogP contribution in [0.4, 0.5) is 16.2 Å². The van der Waals surface area contributed by atoms with Crippen molar-refractivity contribution < 1.29 is 9.53 Å². The summed E-state index contributed by atoms with van der Waals surface area (Å²) in [7, 11) is 0. The number of nitrogens with zero attached hydrogens (tertiary/aromatic N) is 4. The van der Waals surface area contributed by atoms with E-state index >= 15 is 0 Å². The summed E-state index contributed by atoms with van der Waals surface area (Å²) in [6, 6.07) is 9.90. The number of piperazine rings is 2. The number of pyridine rings is 1. The molecule has 1 aliphatic carbocycles. The molecule has 1 aromatic heterocycles. The van der Waals surface area contributed by atoms with Gasteiger partial charge in [-0.1, -0.05) is 6.07 Å². The van der Waals surface area contributed by atoms with Crippen LogP contribution in [0.5, 0.6) is 0 Å². The van der Waals surface area contributed by atoms with Crippen LogP contribution in [-0.4, -0.2) is 82.7 Å². The van der Waals surface area contributed by atoms with Crippen molar-refractivity contribution in [2.24, 2.45) is 0 Å². The summed E-state index contributed by atoms with van der Waals surface area (Å²) in [5.41, 5.74) is 16.9. The molecule has 1 aromatic carbocycles. The van der Waals surface area contributed by atoms with Crippen molar-refractivity contribution in [3.63, 3.8) is 0 Å². The van der Waals surface area contributed by atoms with E-state index in [2.05, 4.69) is 39.2 Å². The highest BCUT2D eigenvalue weighted by Crippen LogP contribution is 2.37. The number of hydrogen-bond donors (Lipinski definition) is 3. The molecule has 5 rings (SSSR count). The van der Waals surface area contributed by atoms with Gasteiger partial charge in [-0.05, 0) is 75.9 Å². The molecule has 0 bridgehead atoms. The predicted octanol–water partition coefficient (Wildman–Crippen LogP) is 3.23. The molecule has 1 spiro atoms. The first-order valence-electron chi connectivity index (χ1n) is 13.7. The minimum Gasteiger partial charge on any atom is -0.444 e. The molecule has 3 aliphatic rings. The van der Waals surface area contributed by atoms with E-state index < -0.39 is 5.60 Å². The first-order chi connectivity index (χ1) is 18.0. The topological polar surface area (TPSA) is 113 Å². The lowest BCUT2D eigenvalue weighted by molar-refractivity contribution is 0.0138. The van der Waals surface area contributed by atoms with Crippen LogP contribution < -0.4 is 16.8 Å². The smallest absolute Gasteiger partial charge is 0.410 e. The molecule has 9 nitrogen and oxygen atoms in total. The van der Waals surface area contributed by atoms with E-state index in [1.54, 1.807) is 17.2 Å². The number of carbonyl (C=O) groups excluding carboxylic acids is 1. The quantitative estimate of drug-likeness (QED) is 0.524. The lowest BCUT2D eigenvalue weighted by atomic mass is 10.1. The average molecular weight is 524 g/mol. The first kappa shape index (κ1) is 28.1. The number of nitrogen functional groups attached to an aromatic ring is 2. The second kappa shape index (κ2) is 11.9. The van der Waals surface area contributed by atoms with Gasteiger partial charge in [0.15, 0.2) is 0 Å². The van der Waals surface area contributed by atoms with Crippen LogP contribution in [0.15, 0.2) is 36.5 Å². The van der Waals surface area contributed by atoms with Crippen LogP contribution in [0.25, 0.3) is 0 Å². The van der Waals surface area contributed by atoms with Crippen LogP contribution >= 0.6 is 0 Å². The molecule has 2 saturated heterocycles. The van der Waals surface area contributed by atoms with E-state index in [-0.39, 0.29) is 6.09 Å². The molecule has 5 N–H and O–H groups in total. The third-order valence-electron chi connectivity index (χ3n) is 7.33. The molecule has 0 atom stereocenters. The van der Waals surface area contributed by atoms with Crippen molar-refractivity contribution in [2.75, 3.05) is 57.3 Å². The van der Waals surface area contributed by atoms with Gasteiger partial charge in [0, 0.05) is 82.0 Å². The van der Waals surface area contributed by atoms with Crippen molar-refractivity contribution in [3.05, 3.63) is 53.3 Å². The van der Waals surface area contributed by atoms with Crippen molar-refractivity contribution in [1.82, 2.24) is 25.0 Å². The minimum absolute atomic E-state index is 0.232. The Morgan fingerprint density at radius 2 is 1.71 bits per heavy atom. The lowest BCUT2D eigenvalue weighted by Crippen LogP contribution is -2.52. The summed E-state index contributed by atoms with van der Waals surface area (Å²) in [6.07, 6.45) is 4.18. The summed E-state index contributed by atoms with van der Waals surface area (Å²) >= 11 is 0. The second-order valence-corrected chi connectivity index (χ2v) is 11.9. The standard InChI is InChI=1S/C15H24N4O2.C14H21N3/c1-15(2,3)21-14(20)19-8-6-18(7-9-19)11-13-10-12(16)4-5-17-13;1-11-2-3-13(15)8-12(11)9-17-7-6-16-14(10-17)4-5-14/h4-5,10H,6-9,11H2,1-3H3,(H2,16,17);2-3,8,16H,4-7,9-10,15H2,1H3. The number of rotatable bonds is 4. The number of aryl methyl sites for hydroxylation is 1. The zero-order valence-corrected chi connectivity index (χ0v) is 23.5. The van der Waals surface area contributed by atoms with Gasteiger partial charge in [-0.25, -0.2) is 4.79 Å². The Bertz CT molecular complexity index is 1090. The highest BCUT2D eigenvalue weighted by molar-refractivity contribution is 5.68. The molecule has 3 heterocycles. The molecule has 1 saturated carbocycles. The van der Waals surface area contributed by atoms with Gasteiger partial charge in [-0.15, -0.1) is 0 Å². The second-order valence-electron chi connectivity index (χ2n) is 11.9. The van der Waals surface area contributed by atoms with Crippen molar-refractivity contribution >= 4 is 17.5 Å². The third-order valence-corrected chi connectivity index (χ3v) is 7.33. The number of nitrogens with one attached hydrogen (secondary N) is 1. The Labute approximate surface area is 227 Å². The molecule has 208 valence electrons. The van der Waals surface area contributed by atoms with Crippen molar-refractivity contribution in [3.8, 4) is 0 Å². The Hall–Kier alpha value is -2.88. The van der Waals surface area contributed by atoms with Gasteiger partial charge in [0.05, 0.1) is 5.69 Å². The molecule has 2 aliphatic heterocycles. The summed E-state index contributed by atoms with van der Waals surface area (Å²) in [5, 5.41) is 3.64. The van der Waals surface area contributed by atoms with Gasteiger partial charge >= 0.3 is 6.09 Å². The third kappa shape index (κ3) is 8.31. The number of anilines is 2. The van der Waals surface area contributed by atoms with E-state index in [1.165, 1.54) is 30.5 Å². The fraction of sp³-hybridized carbons (Fsp3) is 0.586. The van der Waals surface area contributed by atoms with Gasteiger partial charge in [0.1, 0.15) is 5.60 Å². The maximum absolute atomic E-state index is 12.0. The lowest BCUT2D eigenvalue weighted by Gasteiger charge is -2.35. The molecule has 9 heteroatoms. The monoisotopic (exact) mass is 523 g/mol. The highest BCUT2D eigenvalue weighted by Gasteiger charge is 2.45. The Kier molecular flexibility index (Phi) is 8.80. The Morgan fingerprint density at radius 3 is 2.37 bits per heavy atom. The maximum Gasteiger partial charge on any atom is 0.410 e. The summed E-state index contributed by atoms with van der Waals surface area (Å²) in [5.74, 6) is 0. The molecule has 3 fully saturated rings. The molecule has 38 heavy (non-hydrogen) atoms. The van der Waals surface area contributed by atoms with E-state index in [0.29, 0.717) is 18.6 Å². The van der Waals surface area contributed by atoms with Crippen LogP contribution in [0, 0.1) is 6.92 Å². The Morgan fingerprint density at radius 1 is 1.00 bits per heavy atom. The van der Waals surface area contributed by atoms with E-state index in [4.69, 9.17) is 16.2 Å². The fourth-order valence-electron chi connectivity index (χ4n) is 4.99. The van der Waals surface area contributed by atoms with Gasteiger partial charge in [0.2, 0.25) is 0 Å². The van der Waals surface area contributed by atoms with Crippen LogP contribution in [0.3, 0.4) is 0 Å². The summed E-state index contributed by atoms with van der Waals surface area (Å²) < 4.78 is 5.39. The number of hydrogen-bond acceptors (Lipinski definition) is 8. The van der Waals surface area contributed by atoms with E-state index in [0.717, 1.165) is 56.3 Å². The highest BCUT2D eigenvalue weighted by atomic mass is 16.6. The number of benzene rings is 1. The summed E-state index contributed by atoms with van der Waals surface area (Å²) in [6.45, 7) is 16.1. The number of ether oxygens (including phenoxy) is 1. The first-order valence-corrected chi connectivity index (χ1v) is 13.7. The van der Waals surface area contributed by atoms with Gasteiger partial charge in [-0.2, -0.15) is 0 Å². The Balaban J connectivity index is 0.000000180. The molecule has 2 aromatic rings. The van der Waals surface area contributed by atoms with Crippen LogP contribution in [0.1, 0.15) is 50.4 Å². The fourth-order valence-corrected chi connectivity index (χ4v) is 4.99. The van der Waals surface area contributed by atoms with Crippen molar-refractivity contribution in [1.29, 1.82) is 0 Å². The molecule has 1 amide bonds. The largest absolute Gasteiger partial charge is 0.444 e. The predicted molar refractivity (Wildman–Crippen MR) is 153 cm³/mol. The van der Waals surface area contributed by atoms with Gasteiger partial charge in [-0.3, -0.25) is 14.8 Å². The zero-order valence-electron chi connectivity index (χ0n) is 23.5. The van der Waals surface area contributed by atoms with Gasteiger partial charge in [0.25, 0.3) is 0 Å². The molecular formula is C29H45N7O2. The van der Waals surface area contributed by atoms with E-state index in [9.17, 15) is 4.79 Å². The minimum atomic E-state index is -0.445. The number of aromatic nitrogens is 1. The summed E-state index contributed by atoms with van der Waals surface area (Å²) in [4.78, 5) is 22.9. The number of carbonyl (C=O) groups is 1. The SMILES string of the molecule is CC(C)(C)OC(=O)N1CCN(Cc2cc(N)ccn2)CC1.Cc1ccc(N)cc1CN1CCNC2(CC2)C1. The maximum atomic E-state index is 12.0.